The highest BCUT2D eigenvalue weighted by molar-refractivity contribution is 5.56. The number of hydrogen-bond acceptors (Lipinski definition) is 1. The molecule has 0 N–H and O–H groups in total. The molecular formula is C31H39N. The van der Waals surface area contributed by atoms with Gasteiger partial charge in [-0.1, -0.05) is 124 Å². The molecule has 1 heteroatoms. The lowest BCUT2D eigenvalue weighted by molar-refractivity contribution is 0.448. The number of hydrogen-bond donors (Lipinski definition) is 0. The highest BCUT2D eigenvalue weighted by Crippen LogP contribution is 2.20. The van der Waals surface area contributed by atoms with Gasteiger partial charge in [0, 0.05) is 25.7 Å². The molecule has 1 aliphatic rings. The van der Waals surface area contributed by atoms with Gasteiger partial charge in [-0.25, -0.2) is 0 Å². The topological polar surface area (TPSA) is 3.24 Å². The maximum Gasteiger partial charge on any atom is 0.0362 e. The largest absolute Gasteiger partial charge is 0.374 e. The molecule has 0 amide bonds. The van der Waals surface area contributed by atoms with Crippen LogP contribution in [0.1, 0.15) is 38.3 Å². The van der Waals surface area contributed by atoms with Gasteiger partial charge in [0.15, 0.2) is 0 Å². The monoisotopic (exact) mass is 425 g/mol. The summed E-state index contributed by atoms with van der Waals surface area (Å²) in [5, 5.41) is 0. The van der Waals surface area contributed by atoms with Crippen LogP contribution in [0.4, 0.5) is 0 Å². The van der Waals surface area contributed by atoms with E-state index in [0.717, 1.165) is 24.1 Å². The van der Waals surface area contributed by atoms with Crippen LogP contribution in [-0.2, 0) is 0 Å². The Morgan fingerprint density at radius 2 is 1.81 bits per heavy atom. The number of aryl methyl sites for hydroxylation is 1. The summed E-state index contributed by atoms with van der Waals surface area (Å²) in [6, 6.07) is 8.56. The summed E-state index contributed by atoms with van der Waals surface area (Å²) in [6.07, 6.45) is 25.9. The van der Waals surface area contributed by atoms with E-state index in [4.69, 9.17) is 0 Å². The molecule has 1 aliphatic heterocycles. The predicted molar refractivity (Wildman–Crippen MR) is 145 cm³/mol. The maximum atomic E-state index is 3.97. The fourth-order valence-corrected chi connectivity index (χ4v) is 3.08. The van der Waals surface area contributed by atoms with Crippen molar-refractivity contribution in [2.45, 2.75) is 34.1 Å². The molecule has 0 radical (unpaired) electrons. The van der Waals surface area contributed by atoms with Crippen molar-refractivity contribution in [3.05, 3.63) is 138 Å². The molecule has 0 atom stereocenters. The molecule has 32 heavy (non-hydrogen) atoms. The molecule has 0 fully saturated rings. The van der Waals surface area contributed by atoms with E-state index in [0.29, 0.717) is 0 Å². The summed E-state index contributed by atoms with van der Waals surface area (Å²) in [5.41, 5.74) is 7.31. The minimum absolute atomic E-state index is 0.867. The van der Waals surface area contributed by atoms with E-state index < -0.39 is 0 Å². The van der Waals surface area contributed by atoms with Crippen LogP contribution in [0.3, 0.4) is 0 Å². The first-order chi connectivity index (χ1) is 15.5. The van der Waals surface area contributed by atoms with Crippen molar-refractivity contribution in [2.75, 3.05) is 13.6 Å². The van der Waals surface area contributed by atoms with Gasteiger partial charge in [0.1, 0.15) is 0 Å². The number of nitrogens with zero attached hydrogens (tertiary/aromatic N) is 1. The van der Waals surface area contributed by atoms with Gasteiger partial charge in [-0.3, -0.25) is 0 Å². The second-order valence-electron chi connectivity index (χ2n) is 7.30. The standard InChI is InChI=1S/C29H33N.C2H6/c1-6-9-12-25(7-2)14-15-26(8-3)18-19-29-23-28(20-21-30(29)5)17-16-27-13-10-11-24(4)22-27;1-2/h6-18,20,22-23H,1,3,19,21H2,2,4-5H3;1-2H3/b12-9-,15-14+,17-16+,25-7+,26-18+;. The van der Waals surface area contributed by atoms with Gasteiger partial charge < -0.3 is 4.90 Å². The van der Waals surface area contributed by atoms with E-state index in [-0.39, 0.29) is 0 Å². The van der Waals surface area contributed by atoms with E-state index in [1.54, 1.807) is 6.08 Å². The first-order valence-corrected chi connectivity index (χ1v) is 11.4. The zero-order chi connectivity index (χ0) is 23.8. The molecule has 0 aromatic heterocycles. The molecule has 0 saturated heterocycles. The summed E-state index contributed by atoms with van der Waals surface area (Å²) >= 11 is 0. The number of rotatable bonds is 9. The molecule has 1 aromatic carbocycles. The van der Waals surface area contributed by atoms with Gasteiger partial charge in [-0.05, 0) is 42.2 Å². The summed E-state index contributed by atoms with van der Waals surface area (Å²) < 4.78 is 0. The highest BCUT2D eigenvalue weighted by atomic mass is 15.1. The SMILES string of the molecule is C=C\C=C/C(/C=C/C(C=C)=C/CC1=CC(/C=C/c2cccc(C)c2)=CCN1C)=C\C.CC. The quantitative estimate of drug-likeness (QED) is 0.358. The fourth-order valence-electron chi connectivity index (χ4n) is 3.08. The summed E-state index contributed by atoms with van der Waals surface area (Å²) in [5.74, 6) is 0. The van der Waals surface area contributed by atoms with E-state index in [9.17, 15) is 0 Å². The molecule has 0 spiro atoms. The van der Waals surface area contributed by atoms with Gasteiger partial charge in [-0.2, -0.15) is 0 Å². The Bertz CT molecular complexity index is 958. The van der Waals surface area contributed by atoms with E-state index in [1.165, 1.54) is 22.4 Å². The van der Waals surface area contributed by atoms with Crippen LogP contribution in [0, 0.1) is 6.92 Å². The maximum absolute atomic E-state index is 3.97. The summed E-state index contributed by atoms with van der Waals surface area (Å²) in [6.45, 7) is 16.8. The Balaban J connectivity index is 0.00000249. The molecular weight excluding hydrogens is 386 g/mol. The molecule has 168 valence electrons. The van der Waals surface area contributed by atoms with Crippen molar-refractivity contribution in [2.24, 2.45) is 0 Å². The highest BCUT2D eigenvalue weighted by Gasteiger charge is 2.08. The molecule has 0 unspecified atom stereocenters. The van der Waals surface area contributed by atoms with Gasteiger partial charge in [0.2, 0.25) is 0 Å². The number of benzene rings is 1. The fraction of sp³-hybridized carbons (Fsp3) is 0.226. The first kappa shape index (κ1) is 26.7. The number of allylic oxidation sites excluding steroid dienone is 13. The lowest BCUT2D eigenvalue weighted by Gasteiger charge is -2.24. The molecule has 1 nitrogen and oxygen atoms in total. The molecule has 0 aliphatic carbocycles. The number of likely N-dealkylation sites (N-methyl/N-ethyl adjacent to an activating group) is 1. The third kappa shape index (κ3) is 9.66. The second kappa shape index (κ2) is 15.5. The molecule has 2 rings (SSSR count). The van der Waals surface area contributed by atoms with Crippen molar-refractivity contribution in [1.82, 2.24) is 4.90 Å². The minimum atomic E-state index is 0.867. The molecule has 0 saturated carbocycles. The van der Waals surface area contributed by atoms with Crippen LogP contribution in [0.5, 0.6) is 0 Å². The average Bonchev–Trinajstić information content (AvgIpc) is 2.82. The van der Waals surface area contributed by atoms with E-state index in [2.05, 4.69) is 105 Å². The predicted octanol–water partition coefficient (Wildman–Crippen LogP) is 8.54. The van der Waals surface area contributed by atoms with Crippen LogP contribution in [0.25, 0.3) is 6.08 Å². The minimum Gasteiger partial charge on any atom is -0.374 e. The van der Waals surface area contributed by atoms with Crippen LogP contribution in [0.15, 0.2) is 127 Å². The smallest absolute Gasteiger partial charge is 0.0362 e. The van der Waals surface area contributed by atoms with Crippen molar-refractivity contribution >= 4 is 6.08 Å². The van der Waals surface area contributed by atoms with E-state index in [1.807, 2.05) is 39.0 Å². The first-order valence-electron chi connectivity index (χ1n) is 11.4. The van der Waals surface area contributed by atoms with Crippen molar-refractivity contribution < 1.29 is 0 Å². The van der Waals surface area contributed by atoms with Gasteiger partial charge in [0.05, 0.1) is 0 Å². The van der Waals surface area contributed by atoms with Gasteiger partial charge in [-0.15, -0.1) is 0 Å². The third-order valence-electron chi connectivity index (χ3n) is 4.94. The van der Waals surface area contributed by atoms with Gasteiger partial charge >= 0.3 is 0 Å². The normalized spacial score (nSPS) is 15.0. The van der Waals surface area contributed by atoms with Crippen molar-refractivity contribution in [1.29, 1.82) is 0 Å². The van der Waals surface area contributed by atoms with Crippen LogP contribution >= 0.6 is 0 Å². The van der Waals surface area contributed by atoms with Crippen LogP contribution in [-0.4, -0.2) is 18.5 Å². The van der Waals surface area contributed by atoms with E-state index >= 15 is 0 Å². The third-order valence-corrected chi connectivity index (χ3v) is 4.94. The molecule has 1 aromatic rings. The lowest BCUT2D eigenvalue weighted by Crippen LogP contribution is -2.20. The lowest BCUT2D eigenvalue weighted by atomic mass is 10.0. The Kier molecular flexibility index (Phi) is 12.9. The van der Waals surface area contributed by atoms with Gasteiger partial charge in [0.25, 0.3) is 0 Å². The van der Waals surface area contributed by atoms with Crippen molar-refractivity contribution in [3.63, 3.8) is 0 Å². The zero-order valence-corrected chi connectivity index (χ0v) is 20.5. The average molecular weight is 426 g/mol. The molecule has 1 heterocycles. The molecule has 0 bridgehead atoms. The Hall–Kier alpha value is -3.32. The Morgan fingerprint density at radius 1 is 1.06 bits per heavy atom. The summed E-state index contributed by atoms with van der Waals surface area (Å²) in [7, 11) is 2.14. The second-order valence-corrected chi connectivity index (χ2v) is 7.30. The van der Waals surface area contributed by atoms with Crippen molar-refractivity contribution in [3.8, 4) is 0 Å². The zero-order valence-electron chi connectivity index (χ0n) is 20.5. The summed E-state index contributed by atoms with van der Waals surface area (Å²) in [4.78, 5) is 2.29. The van der Waals surface area contributed by atoms with Crippen LogP contribution in [0.2, 0.25) is 0 Å². The Labute approximate surface area is 196 Å². The Morgan fingerprint density at radius 3 is 2.47 bits per heavy atom. The van der Waals surface area contributed by atoms with Crippen LogP contribution < -0.4 is 0 Å².